The third kappa shape index (κ3) is 2.87. The second-order valence-electron chi connectivity index (χ2n) is 5.00. The Kier molecular flexibility index (Phi) is 4.07. The van der Waals surface area contributed by atoms with E-state index in [-0.39, 0.29) is 28.6 Å². The summed E-state index contributed by atoms with van der Waals surface area (Å²) in [5, 5.41) is 29.1. The number of aromatic hydroxyl groups is 2. The molecule has 0 radical (unpaired) electrons. The quantitative estimate of drug-likeness (QED) is 0.552. The molecule has 0 aliphatic carbocycles. The molecule has 3 aromatic rings. The van der Waals surface area contributed by atoms with E-state index in [9.17, 15) is 15.0 Å². The van der Waals surface area contributed by atoms with Crippen LogP contribution in [0.25, 0.3) is 11.3 Å². The van der Waals surface area contributed by atoms with Crippen LogP contribution in [0.3, 0.4) is 0 Å². The summed E-state index contributed by atoms with van der Waals surface area (Å²) in [6.07, 6.45) is 0. The van der Waals surface area contributed by atoms with E-state index < -0.39 is 5.91 Å². The first-order valence-electron chi connectivity index (χ1n) is 7.11. The van der Waals surface area contributed by atoms with Crippen LogP contribution in [0.4, 0.5) is 5.69 Å². The number of benzene rings is 2. The fraction of sp³-hybridized carbons (Fsp3) is 0.0588. The van der Waals surface area contributed by atoms with Crippen LogP contribution in [0.15, 0.2) is 48.5 Å². The Morgan fingerprint density at radius 2 is 1.92 bits per heavy atom. The van der Waals surface area contributed by atoms with Crippen molar-refractivity contribution in [3.8, 4) is 28.5 Å². The normalized spacial score (nSPS) is 10.4. The number of rotatable bonds is 4. The zero-order valence-electron chi connectivity index (χ0n) is 12.8. The van der Waals surface area contributed by atoms with Crippen molar-refractivity contribution in [2.45, 2.75) is 0 Å². The van der Waals surface area contributed by atoms with E-state index in [1.165, 1.54) is 19.2 Å². The standard InChI is InChI=1S/C17H15N3O4/c1-24-11-7-8-12(13(21)9-11)18-17(23)15-16(22)14(19-20-15)10-5-3-2-4-6-10/h2-9,21-22H,1H3,(H,18,23)(H,19,20). The van der Waals surface area contributed by atoms with Gasteiger partial charge in [0.05, 0.1) is 12.8 Å². The third-order valence-corrected chi connectivity index (χ3v) is 3.47. The average molecular weight is 325 g/mol. The highest BCUT2D eigenvalue weighted by Crippen LogP contribution is 2.32. The van der Waals surface area contributed by atoms with Crippen molar-refractivity contribution in [2.75, 3.05) is 12.4 Å². The van der Waals surface area contributed by atoms with Gasteiger partial charge in [-0.25, -0.2) is 0 Å². The maximum atomic E-state index is 12.3. The zero-order valence-corrected chi connectivity index (χ0v) is 12.8. The Balaban J connectivity index is 1.85. The Hall–Kier alpha value is -3.48. The number of aromatic nitrogens is 2. The summed E-state index contributed by atoms with van der Waals surface area (Å²) in [6.45, 7) is 0. The van der Waals surface area contributed by atoms with E-state index in [4.69, 9.17) is 4.74 Å². The van der Waals surface area contributed by atoms with Crippen LogP contribution in [0, 0.1) is 0 Å². The number of hydrogen-bond donors (Lipinski definition) is 4. The van der Waals surface area contributed by atoms with Gasteiger partial charge in [-0.1, -0.05) is 30.3 Å². The molecule has 0 saturated carbocycles. The van der Waals surface area contributed by atoms with Gasteiger partial charge in [0, 0.05) is 11.6 Å². The topological polar surface area (TPSA) is 107 Å². The highest BCUT2D eigenvalue weighted by Gasteiger charge is 2.20. The third-order valence-electron chi connectivity index (χ3n) is 3.47. The number of methoxy groups -OCH3 is 1. The molecule has 0 aliphatic heterocycles. The molecule has 7 heteroatoms. The van der Waals surface area contributed by atoms with Crippen molar-refractivity contribution >= 4 is 11.6 Å². The summed E-state index contributed by atoms with van der Waals surface area (Å²) in [4.78, 5) is 12.3. The molecule has 0 aliphatic rings. The molecule has 0 bridgehead atoms. The van der Waals surface area contributed by atoms with Crippen molar-refractivity contribution in [1.29, 1.82) is 0 Å². The Labute approximate surface area is 137 Å². The number of carbonyl (C=O) groups excluding carboxylic acids is 1. The van der Waals surface area contributed by atoms with E-state index in [1.807, 2.05) is 6.07 Å². The molecular formula is C17H15N3O4. The van der Waals surface area contributed by atoms with Crippen LogP contribution < -0.4 is 10.1 Å². The molecule has 1 aromatic heterocycles. The fourth-order valence-corrected chi connectivity index (χ4v) is 2.22. The van der Waals surface area contributed by atoms with Gasteiger partial charge in [0.25, 0.3) is 5.91 Å². The molecule has 24 heavy (non-hydrogen) atoms. The van der Waals surface area contributed by atoms with Crippen molar-refractivity contribution in [2.24, 2.45) is 0 Å². The van der Waals surface area contributed by atoms with Gasteiger partial charge < -0.3 is 20.3 Å². The van der Waals surface area contributed by atoms with Gasteiger partial charge in [0.15, 0.2) is 11.4 Å². The molecule has 0 fully saturated rings. The molecule has 1 heterocycles. The van der Waals surface area contributed by atoms with Gasteiger partial charge in [-0.05, 0) is 12.1 Å². The number of H-pyrrole nitrogens is 1. The molecule has 1 amide bonds. The number of phenolic OH excluding ortho intramolecular Hbond substituents is 1. The van der Waals surface area contributed by atoms with Crippen LogP contribution in [-0.2, 0) is 0 Å². The maximum absolute atomic E-state index is 12.3. The molecule has 3 rings (SSSR count). The largest absolute Gasteiger partial charge is 0.506 e. The summed E-state index contributed by atoms with van der Waals surface area (Å²) < 4.78 is 4.98. The number of nitrogens with one attached hydrogen (secondary N) is 2. The number of nitrogens with zero attached hydrogens (tertiary/aromatic N) is 1. The first-order chi connectivity index (χ1) is 11.6. The van der Waals surface area contributed by atoms with Crippen LogP contribution in [0.2, 0.25) is 0 Å². The fourth-order valence-electron chi connectivity index (χ4n) is 2.22. The van der Waals surface area contributed by atoms with E-state index in [0.29, 0.717) is 11.3 Å². The highest BCUT2D eigenvalue weighted by molar-refractivity contribution is 6.06. The molecule has 0 atom stereocenters. The Morgan fingerprint density at radius 3 is 2.58 bits per heavy atom. The molecule has 7 nitrogen and oxygen atoms in total. The predicted octanol–water partition coefficient (Wildman–Crippen LogP) is 2.75. The first-order valence-corrected chi connectivity index (χ1v) is 7.11. The minimum Gasteiger partial charge on any atom is -0.506 e. The van der Waals surface area contributed by atoms with E-state index >= 15 is 0 Å². The molecule has 122 valence electrons. The predicted molar refractivity (Wildman–Crippen MR) is 88.3 cm³/mol. The summed E-state index contributed by atoms with van der Waals surface area (Å²) in [7, 11) is 1.47. The van der Waals surface area contributed by atoms with Crippen LogP contribution in [0.5, 0.6) is 17.2 Å². The first kappa shape index (κ1) is 15.4. The van der Waals surface area contributed by atoms with Crippen molar-refractivity contribution in [3.05, 3.63) is 54.2 Å². The number of anilines is 1. The second-order valence-corrected chi connectivity index (χ2v) is 5.00. The molecule has 4 N–H and O–H groups in total. The minimum absolute atomic E-state index is 0.0935. The molecule has 0 saturated heterocycles. The van der Waals surface area contributed by atoms with Gasteiger partial charge in [-0.3, -0.25) is 9.89 Å². The second kappa shape index (κ2) is 6.33. The number of ether oxygens (including phenoxy) is 1. The number of aromatic amines is 1. The summed E-state index contributed by atoms with van der Waals surface area (Å²) >= 11 is 0. The smallest absolute Gasteiger partial charge is 0.277 e. The maximum Gasteiger partial charge on any atom is 0.277 e. The lowest BCUT2D eigenvalue weighted by molar-refractivity contribution is 0.101. The lowest BCUT2D eigenvalue weighted by Gasteiger charge is -2.08. The van der Waals surface area contributed by atoms with E-state index in [0.717, 1.165) is 0 Å². The summed E-state index contributed by atoms with van der Waals surface area (Å²) in [6, 6.07) is 13.5. The summed E-state index contributed by atoms with van der Waals surface area (Å²) in [5.74, 6) is -0.569. The number of hydrogen-bond acceptors (Lipinski definition) is 5. The van der Waals surface area contributed by atoms with E-state index in [2.05, 4.69) is 15.5 Å². The zero-order chi connectivity index (χ0) is 17.1. The molecule has 0 spiro atoms. The molecule has 2 aromatic carbocycles. The van der Waals surface area contributed by atoms with Crippen LogP contribution >= 0.6 is 0 Å². The van der Waals surface area contributed by atoms with Crippen molar-refractivity contribution < 1.29 is 19.7 Å². The van der Waals surface area contributed by atoms with Crippen molar-refractivity contribution in [3.63, 3.8) is 0 Å². The van der Waals surface area contributed by atoms with Crippen LogP contribution in [-0.4, -0.2) is 33.4 Å². The minimum atomic E-state index is -0.623. The number of carbonyl (C=O) groups is 1. The highest BCUT2D eigenvalue weighted by atomic mass is 16.5. The number of phenols is 1. The molecular weight excluding hydrogens is 310 g/mol. The SMILES string of the molecule is COc1ccc(NC(=O)c2[nH]nc(-c3ccccc3)c2O)c(O)c1. The average Bonchev–Trinajstić information content (AvgIpc) is 2.99. The van der Waals surface area contributed by atoms with Gasteiger partial charge >= 0.3 is 0 Å². The number of amides is 1. The Morgan fingerprint density at radius 1 is 1.17 bits per heavy atom. The van der Waals surface area contributed by atoms with Crippen molar-refractivity contribution in [1.82, 2.24) is 10.2 Å². The lowest BCUT2D eigenvalue weighted by Crippen LogP contribution is -2.12. The summed E-state index contributed by atoms with van der Waals surface area (Å²) in [5.41, 5.74) is 1.05. The van der Waals surface area contributed by atoms with Gasteiger partial charge in [-0.2, -0.15) is 5.10 Å². The Bertz CT molecular complexity index is 875. The lowest BCUT2D eigenvalue weighted by atomic mass is 10.1. The van der Waals surface area contributed by atoms with Gasteiger partial charge in [0.1, 0.15) is 17.2 Å². The van der Waals surface area contributed by atoms with E-state index in [1.54, 1.807) is 30.3 Å². The van der Waals surface area contributed by atoms with Gasteiger partial charge in [-0.15, -0.1) is 0 Å². The van der Waals surface area contributed by atoms with Gasteiger partial charge in [0.2, 0.25) is 0 Å². The van der Waals surface area contributed by atoms with Crippen LogP contribution in [0.1, 0.15) is 10.5 Å². The molecule has 0 unspecified atom stereocenters. The monoisotopic (exact) mass is 325 g/mol.